The Morgan fingerprint density at radius 1 is 1.29 bits per heavy atom. The molecule has 2 N–H and O–H groups in total. The van der Waals surface area contributed by atoms with E-state index in [9.17, 15) is 0 Å². The second-order valence-electron chi connectivity index (χ2n) is 5.31. The zero-order valence-electron chi connectivity index (χ0n) is 10.3. The number of hydrogen-bond acceptors (Lipinski definition) is 5. The summed E-state index contributed by atoms with van der Waals surface area (Å²) in [5.41, 5.74) is 5.74. The Balaban J connectivity index is 1.79. The van der Waals surface area contributed by atoms with Gasteiger partial charge in [-0.3, -0.25) is 0 Å². The standard InChI is InChI=1S/C12H20N4O/c1-8(13)11-14-15-12(17-11)16-7-6-9-4-2-3-5-10(9)16/h8-10H,2-7,13H2,1H3. The molecule has 0 amide bonds. The molecule has 0 spiro atoms. The van der Waals surface area contributed by atoms with Gasteiger partial charge in [-0.15, -0.1) is 5.10 Å². The van der Waals surface area contributed by atoms with Crippen LogP contribution in [0.1, 0.15) is 51.0 Å². The molecule has 17 heavy (non-hydrogen) atoms. The van der Waals surface area contributed by atoms with Crippen LogP contribution in [0.5, 0.6) is 0 Å². The average molecular weight is 236 g/mol. The smallest absolute Gasteiger partial charge is 0.318 e. The molecular weight excluding hydrogens is 216 g/mol. The summed E-state index contributed by atoms with van der Waals surface area (Å²) >= 11 is 0. The predicted octanol–water partition coefficient (Wildman–Crippen LogP) is 1.86. The first-order valence-electron chi connectivity index (χ1n) is 6.61. The SMILES string of the molecule is CC(N)c1nnc(N2CCC3CCCCC32)o1. The minimum absolute atomic E-state index is 0.180. The van der Waals surface area contributed by atoms with Crippen molar-refractivity contribution < 1.29 is 4.42 Å². The first-order chi connectivity index (χ1) is 8.25. The van der Waals surface area contributed by atoms with Gasteiger partial charge < -0.3 is 15.1 Å². The molecule has 5 heteroatoms. The molecule has 0 aromatic carbocycles. The predicted molar refractivity (Wildman–Crippen MR) is 64.6 cm³/mol. The Morgan fingerprint density at radius 2 is 2.12 bits per heavy atom. The first kappa shape index (κ1) is 11.0. The van der Waals surface area contributed by atoms with Gasteiger partial charge in [0.25, 0.3) is 0 Å². The van der Waals surface area contributed by atoms with Gasteiger partial charge in [0.05, 0.1) is 6.04 Å². The molecule has 1 aromatic rings. The van der Waals surface area contributed by atoms with Gasteiger partial charge in [0.2, 0.25) is 5.89 Å². The van der Waals surface area contributed by atoms with Crippen LogP contribution in [0.3, 0.4) is 0 Å². The molecule has 3 atom stereocenters. The van der Waals surface area contributed by atoms with Gasteiger partial charge in [-0.2, -0.15) is 0 Å². The summed E-state index contributed by atoms with van der Waals surface area (Å²) in [6, 6.07) is 1.11. The molecule has 1 aromatic heterocycles. The van der Waals surface area contributed by atoms with Crippen LogP contribution in [0, 0.1) is 5.92 Å². The van der Waals surface area contributed by atoms with Crippen molar-refractivity contribution in [2.24, 2.45) is 11.7 Å². The Kier molecular flexibility index (Phi) is 2.78. The quantitative estimate of drug-likeness (QED) is 0.848. The van der Waals surface area contributed by atoms with E-state index in [4.69, 9.17) is 10.2 Å². The van der Waals surface area contributed by atoms with Crippen molar-refractivity contribution in [3.8, 4) is 0 Å². The van der Waals surface area contributed by atoms with Gasteiger partial charge in [-0.1, -0.05) is 17.9 Å². The zero-order valence-corrected chi connectivity index (χ0v) is 10.3. The van der Waals surface area contributed by atoms with E-state index in [1.54, 1.807) is 0 Å². The maximum absolute atomic E-state index is 5.74. The van der Waals surface area contributed by atoms with E-state index < -0.39 is 0 Å². The molecule has 0 radical (unpaired) electrons. The van der Waals surface area contributed by atoms with E-state index in [0.717, 1.165) is 12.5 Å². The second-order valence-corrected chi connectivity index (χ2v) is 5.31. The number of rotatable bonds is 2. The summed E-state index contributed by atoms with van der Waals surface area (Å²) in [6.45, 7) is 2.92. The first-order valence-corrected chi connectivity index (χ1v) is 6.61. The summed E-state index contributed by atoms with van der Waals surface area (Å²) in [6.07, 6.45) is 6.59. The van der Waals surface area contributed by atoms with Gasteiger partial charge in [-0.25, -0.2) is 0 Å². The molecular formula is C12H20N4O. The van der Waals surface area contributed by atoms with Crippen LogP contribution in [0.25, 0.3) is 0 Å². The fourth-order valence-electron chi connectivity index (χ4n) is 3.17. The lowest BCUT2D eigenvalue weighted by Gasteiger charge is -2.30. The van der Waals surface area contributed by atoms with Gasteiger partial charge in [0.1, 0.15) is 0 Å². The third-order valence-corrected chi connectivity index (χ3v) is 4.08. The Morgan fingerprint density at radius 3 is 2.88 bits per heavy atom. The molecule has 2 aliphatic rings. The Hall–Kier alpha value is -1.10. The third-order valence-electron chi connectivity index (χ3n) is 4.08. The van der Waals surface area contributed by atoms with Crippen LogP contribution in [0.2, 0.25) is 0 Å². The highest BCUT2D eigenvalue weighted by Gasteiger charge is 2.38. The van der Waals surface area contributed by atoms with Crippen molar-refractivity contribution in [3.05, 3.63) is 5.89 Å². The molecule has 94 valence electrons. The fraction of sp³-hybridized carbons (Fsp3) is 0.833. The lowest BCUT2D eigenvalue weighted by atomic mass is 9.85. The van der Waals surface area contributed by atoms with Gasteiger partial charge in [0, 0.05) is 12.6 Å². The van der Waals surface area contributed by atoms with E-state index in [2.05, 4.69) is 15.1 Å². The molecule has 0 bridgehead atoms. The monoisotopic (exact) mass is 236 g/mol. The number of nitrogens with zero attached hydrogens (tertiary/aromatic N) is 3. The van der Waals surface area contributed by atoms with Crippen LogP contribution in [0.4, 0.5) is 6.01 Å². The van der Waals surface area contributed by atoms with Gasteiger partial charge in [0.15, 0.2) is 0 Å². The Labute approximate surface area is 101 Å². The number of fused-ring (bicyclic) bond motifs is 1. The third kappa shape index (κ3) is 1.92. The summed E-state index contributed by atoms with van der Waals surface area (Å²) in [5.74, 6) is 1.37. The summed E-state index contributed by atoms with van der Waals surface area (Å²) in [5, 5.41) is 8.15. The van der Waals surface area contributed by atoms with E-state index in [-0.39, 0.29) is 6.04 Å². The van der Waals surface area contributed by atoms with Crippen molar-refractivity contribution in [1.82, 2.24) is 10.2 Å². The van der Waals surface area contributed by atoms with Crippen molar-refractivity contribution in [2.75, 3.05) is 11.4 Å². The van der Waals surface area contributed by atoms with Gasteiger partial charge >= 0.3 is 6.01 Å². The largest absolute Gasteiger partial charge is 0.406 e. The molecule has 1 aliphatic carbocycles. The molecule has 1 saturated heterocycles. The highest BCUT2D eigenvalue weighted by atomic mass is 16.4. The molecule has 2 heterocycles. The molecule has 5 nitrogen and oxygen atoms in total. The molecule has 1 aliphatic heterocycles. The lowest BCUT2D eigenvalue weighted by Crippen LogP contribution is -2.34. The summed E-state index contributed by atoms with van der Waals surface area (Å²) in [4.78, 5) is 2.29. The van der Waals surface area contributed by atoms with Gasteiger partial charge in [-0.05, 0) is 32.1 Å². The number of nitrogens with two attached hydrogens (primary N) is 1. The summed E-state index contributed by atoms with van der Waals surface area (Å²) < 4.78 is 5.66. The molecule has 2 fully saturated rings. The van der Waals surface area contributed by atoms with E-state index in [1.807, 2.05) is 6.92 Å². The fourth-order valence-corrected chi connectivity index (χ4v) is 3.17. The summed E-state index contributed by atoms with van der Waals surface area (Å²) in [7, 11) is 0. The number of aromatic nitrogens is 2. The van der Waals surface area contributed by atoms with Crippen molar-refractivity contribution >= 4 is 6.01 Å². The Bertz CT molecular complexity index is 390. The highest BCUT2D eigenvalue weighted by molar-refractivity contribution is 5.30. The number of anilines is 1. The maximum atomic E-state index is 5.74. The minimum atomic E-state index is -0.180. The lowest BCUT2D eigenvalue weighted by molar-refractivity contribution is 0.333. The van der Waals surface area contributed by atoms with E-state index >= 15 is 0 Å². The minimum Gasteiger partial charge on any atom is -0.406 e. The molecule has 3 unspecified atom stereocenters. The normalized spacial score (nSPS) is 30.4. The topological polar surface area (TPSA) is 68.2 Å². The zero-order chi connectivity index (χ0) is 11.8. The van der Waals surface area contributed by atoms with E-state index in [1.165, 1.54) is 32.1 Å². The van der Waals surface area contributed by atoms with Crippen molar-refractivity contribution in [1.29, 1.82) is 0 Å². The second kappa shape index (κ2) is 4.29. The average Bonchev–Trinajstić information content (AvgIpc) is 2.95. The van der Waals surface area contributed by atoms with Crippen LogP contribution >= 0.6 is 0 Å². The van der Waals surface area contributed by atoms with Crippen LogP contribution in [-0.2, 0) is 0 Å². The maximum Gasteiger partial charge on any atom is 0.318 e. The highest BCUT2D eigenvalue weighted by Crippen LogP contribution is 2.38. The van der Waals surface area contributed by atoms with Crippen LogP contribution in [0.15, 0.2) is 4.42 Å². The number of hydrogen-bond donors (Lipinski definition) is 1. The van der Waals surface area contributed by atoms with Crippen LogP contribution < -0.4 is 10.6 Å². The van der Waals surface area contributed by atoms with E-state index in [0.29, 0.717) is 17.9 Å². The molecule has 1 saturated carbocycles. The van der Waals surface area contributed by atoms with Crippen LogP contribution in [-0.4, -0.2) is 22.8 Å². The molecule has 3 rings (SSSR count). The van der Waals surface area contributed by atoms with Crippen molar-refractivity contribution in [2.45, 2.75) is 51.1 Å². The van der Waals surface area contributed by atoms with Crippen molar-refractivity contribution in [3.63, 3.8) is 0 Å².